The molecule has 0 aliphatic carbocycles. The number of hydrogen-bond acceptors (Lipinski definition) is 4. The zero-order valence-corrected chi connectivity index (χ0v) is 13.8. The number of nitrogens with two attached hydrogens (primary N) is 1. The van der Waals surface area contributed by atoms with Crippen LogP contribution >= 0.6 is 12.2 Å². The summed E-state index contributed by atoms with van der Waals surface area (Å²) >= 11 is 4.81. The van der Waals surface area contributed by atoms with Gasteiger partial charge >= 0.3 is 0 Å². The standard InChI is InChI=1S/C13H19N3O3S2/c1-4-16(3)13(17)9(2)15-21(18,19)11-7-5-10(6-8-11)12(14)20/h5-9,15H,4H2,1-3H3,(H2,14,20). The molecule has 0 bridgehead atoms. The first-order chi connectivity index (χ1) is 9.69. The minimum atomic E-state index is -3.77. The Labute approximate surface area is 130 Å². The highest BCUT2D eigenvalue weighted by Crippen LogP contribution is 2.11. The minimum Gasteiger partial charge on any atom is -0.389 e. The molecule has 0 radical (unpaired) electrons. The molecule has 3 N–H and O–H groups in total. The van der Waals surface area contributed by atoms with Crippen LogP contribution in [0.4, 0.5) is 0 Å². The van der Waals surface area contributed by atoms with E-state index in [-0.39, 0.29) is 15.8 Å². The van der Waals surface area contributed by atoms with E-state index < -0.39 is 16.1 Å². The molecule has 21 heavy (non-hydrogen) atoms. The fourth-order valence-electron chi connectivity index (χ4n) is 1.64. The molecule has 0 heterocycles. The maximum Gasteiger partial charge on any atom is 0.241 e. The Kier molecular flexibility index (Phi) is 5.82. The van der Waals surface area contributed by atoms with Crippen LogP contribution in [0.5, 0.6) is 0 Å². The van der Waals surface area contributed by atoms with Gasteiger partial charge in [0.2, 0.25) is 15.9 Å². The molecule has 8 heteroatoms. The topological polar surface area (TPSA) is 92.5 Å². The van der Waals surface area contributed by atoms with Gasteiger partial charge in [0.05, 0.1) is 10.9 Å². The van der Waals surface area contributed by atoms with E-state index in [9.17, 15) is 13.2 Å². The molecule has 116 valence electrons. The van der Waals surface area contributed by atoms with Gasteiger partial charge in [-0.15, -0.1) is 0 Å². The quantitative estimate of drug-likeness (QED) is 0.740. The number of thiocarbonyl (C=S) groups is 1. The maximum atomic E-state index is 12.2. The molecule has 0 aliphatic heterocycles. The third-order valence-corrected chi connectivity index (χ3v) is 4.79. The summed E-state index contributed by atoms with van der Waals surface area (Å²) in [5, 5.41) is 0. The summed E-state index contributed by atoms with van der Waals surface area (Å²) < 4.78 is 26.7. The average Bonchev–Trinajstić information content (AvgIpc) is 2.45. The lowest BCUT2D eigenvalue weighted by atomic mass is 10.2. The smallest absolute Gasteiger partial charge is 0.241 e. The second kappa shape index (κ2) is 6.97. The summed E-state index contributed by atoms with van der Waals surface area (Å²) in [5.41, 5.74) is 6.04. The zero-order valence-electron chi connectivity index (χ0n) is 12.2. The zero-order chi connectivity index (χ0) is 16.2. The van der Waals surface area contributed by atoms with Gasteiger partial charge in [0.15, 0.2) is 0 Å². The van der Waals surface area contributed by atoms with Crippen molar-refractivity contribution in [3.05, 3.63) is 29.8 Å². The lowest BCUT2D eigenvalue weighted by Crippen LogP contribution is -2.45. The van der Waals surface area contributed by atoms with Crippen molar-refractivity contribution in [2.75, 3.05) is 13.6 Å². The van der Waals surface area contributed by atoms with Gasteiger partial charge in [-0.3, -0.25) is 4.79 Å². The summed E-state index contributed by atoms with van der Waals surface area (Å²) in [6, 6.07) is 5.02. The molecule has 1 amide bonds. The van der Waals surface area contributed by atoms with Gasteiger partial charge in [-0.25, -0.2) is 8.42 Å². The molecule has 6 nitrogen and oxygen atoms in total. The van der Waals surface area contributed by atoms with Crippen molar-refractivity contribution < 1.29 is 13.2 Å². The first kappa shape index (κ1) is 17.5. The SMILES string of the molecule is CCN(C)C(=O)C(C)NS(=O)(=O)c1ccc(C(N)=S)cc1. The molecule has 1 aromatic carbocycles. The Bertz CT molecular complexity index is 627. The van der Waals surface area contributed by atoms with Crippen LogP contribution in [0.2, 0.25) is 0 Å². The van der Waals surface area contributed by atoms with E-state index in [0.717, 1.165) is 0 Å². The average molecular weight is 329 g/mol. The molecule has 0 saturated heterocycles. The number of sulfonamides is 1. The molecule has 1 atom stereocenters. The highest BCUT2D eigenvalue weighted by atomic mass is 32.2. The fraction of sp³-hybridized carbons (Fsp3) is 0.385. The third kappa shape index (κ3) is 4.48. The van der Waals surface area contributed by atoms with E-state index in [1.54, 1.807) is 7.05 Å². The molecule has 0 fully saturated rings. The molecule has 0 spiro atoms. The van der Waals surface area contributed by atoms with E-state index >= 15 is 0 Å². The molecular formula is C13H19N3O3S2. The molecule has 0 saturated carbocycles. The first-order valence-electron chi connectivity index (χ1n) is 6.36. The normalized spacial score (nSPS) is 12.7. The van der Waals surface area contributed by atoms with Crippen LogP contribution in [-0.2, 0) is 14.8 Å². The van der Waals surface area contributed by atoms with Gasteiger partial charge in [0.25, 0.3) is 0 Å². The highest BCUT2D eigenvalue weighted by Gasteiger charge is 2.23. The molecule has 1 aromatic rings. The van der Waals surface area contributed by atoms with Crippen molar-refractivity contribution in [3.63, 3.8) is 0 Å². The second-order valence-corrected chi connectivity index (χ2v) is 6.74. The Morgan fingerprint density at radius 2 is 1.90 bits per heavy atom. The van der Waals surface area contributed by atoms with Gasteiger partial charge in [-0.05, 0) is 26.0 Å². The number of hydrogen-bond donors (Lipinski definition) is 2. The van der Waals surface area contributed by atoms with Gasteiger partial charge in [-0.2, -0.15) is 4.72 Å². The van der Waals surface area contributed by atoms with Gasteiger partial charge < -0.3 is 10.6 Å². The molecule has 0 aromatic heterocycles. The van der Waals surface area contributed by atoms with E-state index in [1.807, 2.05) is 6.92 Å². The van der Waals surface area contributed by atoms with Crippen LogP contribution in [0.15, 0.2) is 29.2 Å². The number of benzene rings is 1. The molecule has 1 rings (SSSR count). The Morgan fingerprint density at radius 1 is 1.38 bits per heavy atom. The third-order valence-electron chi connectivity index (χ3n) is 3.00. The van der Waals surface area contributed by atoms with Gasteiger partial charge in [0.1, 0.15) is 4.99 Å². The summed E-state index contributed by atoms with van der Waals surface area (Å²) in [6.45, 7) is 3.83. The highest BCUT2D eigenvalue weighted by molar-refractivity contribution is 7.89. The number of rotatable bonds is 6. The van der Waals surface area contributed by atoms with Crippen molar-refractivity contribution >= 4 is 33.1 Å². The van der Waals surface area contributed by atoms with Gasteiger partial charge in [0, 0.05) is 19.2 Å². The van der Waals surface area contributed by atoms with Crippen molar-refractivity contribution in [2.24, 2.45) is 5.73 Å². The predicted molar refractivity (Wildman–Crippen MR) is 85.4 cm³/mol. The summed E-state index contributed by atoms with van der Waals surface area (Å²) in [5.74, 6) is -0.291. The molecule has 1 unspecified atom stereocenters. The van der Waals surface area contributed by atoms with Crippen molar-refractivity contribution in [2.45, 2.75) is 24.8 Å². The Balaban J connectivity index is 2.91. The van der Waals surface area contributed by atoms with Crippen LogP contribution in [0.3, 0.4) is 0 Å². The van der Waals surface area contributed by atoms with Crippen LogP contribution in [-0.4, -0.2) is 43.8 Å². The minimum absolute atomic E-state index is 0.0568. The van der Waals surface area contributed by atoms with Gasteiger partial charge in [-0.1, -0.05) is 24.4 Å². The van der Waals surface area contributed by atoms with Crippen LogP contribution in [0, 0.1) is 0 Å². The Hall–Kier alpha value is -1.51. The van der Waals surface area contributed by atoms with E-state index in [1.165, 1.54) is 36.1 Å². The number of likely N-dealkylation sites (N-methyl/N-ethyl adjacent to an activating group) is 1. The fourth-order valence-corrected chi connectivity index (χ4v) is 2.97. The largest absolute Gasteiger partial charge is 0.389 e. The first-order valence-corrected chi connectivity index (χ1v) is 8.25. The summed E-state index contributed by atoms with van der Waals surface area (Å²) in [4.78, 5) is 13.6. The van der Waals surface area contributed by atoms with Crippen LogP contribution in [0.1, 0.15) is 19.4 Å². The van der Waals surface area contributed by atoms with E-state index in [2.05, 4.69) is 4.72 Å². The monoisotopic (exact) mass is 329 g/mol. The number of carbonyl (C=O) groups excluding carboxylic acids is 1. The lowest BCUT2D eigenvalue weighted by molar-refractivity contribution is -0.131. The van der Waals surface area contributed by atoms with Crippen molar-refractivity contribution in [1.29, 1.82) is 0 Å². The summed E-state index contributed by atoms with van der Waals surface area (Å²) in [6.07, 6.45) is 0. The van der Waals surface area contributed by atoms with Crippen LogP contribution < -0.4 is 10.5 Å². The number of nitrogens with zero attached hydrogens (tertiary/aromatic N) is 1. The predicted octanol–water partition coefficient (Wildman–Crippen LogP) is 0.466. The number of carbonyl (C=O) groups is 1. The molecular weight excluding hydrogens is 310 g/mol. The summed E-state index contributed by atoms with van der Waals surface area (Å²) in [7, 11) is -2.16. The number of amides is 1. The number of nitrogens with one attached hydrogen (secondary N) is 1. The van der Waals surface area contributed by atoms with Crippen molar-refractivity contribution in [1.82, 2.24) is 9.62 Å². The molecule has 0 aliphatic rings. The van der Waals surface area contributed by atoms with E-state index in [4.69, 9.17) is 18.0 Å². The van der Waals surface area contributed by atoms with E-state index in [0.29, 0.717) is 12.1 Å². The van der Waals surface area contributed by atoms with Crippen molar-refractivity contribution in [3.8, 4) is 0 Å². The lowest BCUT2D eigenvalue weighted by Gasteiger charge is -2.20. The van der Waals surface area contributed by atoms with Crippen LogP contribution in [0.25, 0.3) is 0 Å². The second-order valence-electron chi connectivity index (χ2n) is 4.58. The maximum absolute atomic E-state index is 12.2. The Morgan fingerprint density at radius 3 is 2.33 bits per heavy atom.